The van der Waals surface area contributed by atoms with Gasteiger partial charge in [0.05, 0.1) is 31.0 Å². The van der Waals surface area contributed by atoms with Crippen LogP contribution in [0.2, 0.25) is 0 Å². The van der Waals surface area contributed by atoms with Gasteiger partial charge in [-0.05, 0) is 95.3 Å². The van der Waals surface area contributed by atoms with Gasteiger partial charge in [0.15, 0.2) is 10.6 Å². The average molecular weight is 709 g/mol. The van der Waals surface area contributed by atoms with Crippen molar-refractivity contribution in [2.45, 2.75) is 56.8 Å². The van der Waals surface area contributed by atoms with Crippen LogP contribution in [0.3, 0.4) is 0 Å². The second-order valence-corrected chi connectivity index (χ2v) is 13.9. The molecule has 0 unspecified atom stereocenters. The lowest BCUT2D eigenvalue weighted by Crippen LogP contribution is -2.17. The van der Waals surface area contributed by atoms with E-state index in [2.05, 4.69) is 52.3 Å². The number of amides is 1. The number of ether oxygens (including phenoxy) is 2. The Hall–Kier alpha value is -4.84. The van der Waals surface area contributed by atoms with Crippen LogP contribution in [0.5, 0.6) is 5.75 Å². The van der Waals surface area contributed by atoms with Gasteiger partial charge in [0.1, 0.15) is 12.4 Å². The number of hydrogen-bond acceptors (Lipinski definition) is 7. The van der Waals surface area contributed by atoms with Crippen molar-refractivity contribution >= 4 is 34.5 Å². The number of aryl methyl sites for hydroxylation is 2. The first-order chi connectivity index (χ1) is 24.8. The summed E-state index contributed by atoms with van der Waals surface area (Å²) >= 11 is -1.23. The highest BCUT2D eigenvalue weighted by Crippen LogP contribution is 2.30. The van der Waals surface area contributed by atoms with E-state index < -0.39 is 11.2 Å². The monoisotopic (exact) mass is 708 g/mol. The van der Waals surface area contributed by atoms with Crippen molar-refractivity contribution in [3.8, 4) is 16.9 Å². The minimum Gasteiger partial charge on any atom is -0.611 e. The highest BCUT2D eigenvalue weighted by atomic mass is 32.2. The van der Waals surface area contributed by atoms with Gasteiger partial charge in [0.2, 0.25) is 5.91 Å². The molecule has 268 valence electrons. The molecular weight excluding hydrogens is 661 g/mol. The maximum absolute atomic E-state index is 13.1. The van der Waals surface area contributed by atoms with Gasteiger partial charge in [-0.1, -0.05) is 38.5 Å². The van der Waals surface area contributed by atoms with Crippen LogP contribution in [-0.4, -0.2) is 56.7 Å². The van der Waals surface area contributed by atoms with Crippen molar-refractivity contribution in [1.82, 2.24) is 19.3 Å². The highest BCUT2D eigenvalue weighted by molar-refractivity contribution is 7.90. The molecule has 0 fully saturated rings. The second kappa shape index (κ2) is 19.0. The molecule has 0 bridgehead atoms. The fourth-order valence-corrected chi connectivity index (χ4v) is 6.72. The molecule has 0 saturated carbocycles. The van der Waals surface area contributed by atoms with Crippen molar-refractivity contribution in [2.24, 2.45) is 7.05 Å². The van der Waals surface area contributed by atoms with Crippen molar-refractivity contribution in [2.75, 3.05) is 37.1 Å². The lowest BCUT2D eigenvalue weighted by Gasteiger charge is -2.22. The molecule has 1 amide bonds. The van der Waals surface area contributed by atoms with E-state index in [1.54, 1.807) is 47.5 Å². The number of nitrogens with zero attached hydrogens (tertiary/aromatic N) is 5. The minimum absolute atomic E-state index is 0.265. The maximum Gasteiger partial charge on any atom is 0.248 e. The molecule has 0 aliphatic carbocycles. The van der Waals surface area contributed by atoms with Crippen LogP contribution in [0.25, 0.3) is 17.2 Å². The Morgan fingerprint density at radius 2 is 1.76 bits per heavy atom. The average Bonchev–Trinajstić information content (AvgIpc) is 3.76. The third-order valence-electron chi connectivity index (χ3n) is 8.28. The number of rotatable bonds is 19. The molecule has 51 heavy (non-hydrogen) atoms. The van der Waals surface area contributed by atoms with Gasteiger partial charge >= 0.3 is 0 Å². The number of unbranched alkanes of at least 4 members (excludes halogenated alkanes) is 1. The number of nitrogens with one attached hydrogen (secondary N) is 1. The minimum atomic E-state index is -1.23. The standard InChI is InChI=1S/C40H48N6O4S/c1-5-7-21-49-22-23-50-37-14-8-32(9-15-37)33-10-18-39(44(3)27-31-25-42-45(4)28-31)34(24-33)11-19-40(47)43-35-12-16-38(17-13-35)51(48)29-36-26-41-30-46(36)20-6-2/h8-19,24-26,28,30H,5-7,20-23,27,29H2,1-4H3,(H,43,47)/b19-11+/t51-/m0/s1. The first-order valence-electron chi connectivity index (χ1n) is 17.4. The van der Waals surface area contributed by atoms with E-state index in [0.717, 1.165) is 71.8 Å². The molecule has 11 heteroatoms. The van der Waals surface area contributed by atoms with Crippen LogP contribution in [-0.2, 0) is 46.6 Å². The Bertz CT molecular complexity index is 1850. The SMILES string of the molecule is CCCCOCCOc1ccc(-c2ccc(N(C)Cc3cnn(C)c3)c(/C=C/C(=O)Nc3ccc([S@@+]([O-])Cc4cncn4CCC)cc3)c2)cc1. The summed E-state index contributed by atoms with van der Waals surface area (Å²) in [6.45, 7) is 7.58. The van der Waals surface area contributed by atoms with Gasteiger partial charge in [0.25, 0.3) is 0 Å². The molecule has 0 spiro atoms. The summed E-state index contributed by atoms with van der Waals surface area (Å²) < 4.78 is 28.3. The summed E-state index contributed by atoms with van der Waals surface area (Å²) in [6.07, 6.45) is 13.9. The van der Waals surface area contributed by atoms with Gasteiger partial charge in [-0.2, -0.15) is 5.10 Å². The summed E-state index contributed by atoms with van der Waals surface area (Å²) in [5.41, 5.74) is 6.57. The third kappa shape index (κ3) is 11.1. The fraction of sp³-hybridized carbons (Fsp3) is 0.325. The summed E-state index contributed by atoms with van der Waals surface area (Å²) in [7, 11) is 3.93. The zero-order chi connectivity index (χ0) is 36.0. The van der Waals surface area contributed by atoms with Crippen LogP contribution in [0.4, 0.5) is 11.4 Å². The van der Waals surface area contributed by atoms with E-state index in [0.29, 0.717) is 36.1 Å². The molecule has 5 aromatic rings. The zero-order valence-electron chi connectivity index (χ0n) is 30.0. The Kier molecular flexibility index (Phi) is 13.9. The summed E-state index contributed by atoms with van der Waals surface area (Å²) in [5, 5.41) is 7.25. The predicted octanol–water partition coefficient (Wildman–Crippen LogP) is 7.49. The van der Waals surface area contributed by atoms with Crippen LogP contribution in [0.15, 0.2) is 103 Å². The molecule has 10 nitrogen and oxygen atoms in total. The van der Waals surface area contributed by atoms with E-state index in [4.69, 9.17) is 9.47 Å². The van der Waals surface area contributed by atoms with Gasteiger partial charge in [-0.3, -0.25) is 9.48 Å². The molecule has 0 aliphatic heterocycles. The predicted molar refractivity (Wildman–Crippen MR) is 205 cm³/mol. The molecule has 3 aromatic carbocycles. The van der Waals surface area contributed by atoms with Crippen molar-refractivity contribution < 1.29 is 18.8 Å². The molecule has 0 saturated heterocycles. The Labute approximate surface area is 304 Å². The van der Waals surface area contributed by atoms with Crippen LogP contribution >= 0.6 is 0 Å². The van der Waals surface area contributed by atoms with E-state index in [1.165, 1.54) is 0 Å². The van der Waals surface area contributed by atoms with Gasteiger partial charge in [-0.15, -0.1) is 0 Å². The van der Waals surface area contributed by atoms with Gasteiger partial charge in [-0.25, -0.2) is 4.98 Å². The first kappa shape index (κ1) is 37.4. The molecule has 2 heterocycles. The normalized spacial score (nSPS) is 11.9. The smallest absolute Gasteiger partial charge is 0.248 e. The molecule has 1 N–H and O–H groups in total. The number of imidazole rings is 1. The Morgan fingerprint density at radius 3 is 2.49 bits per heavy atom. The van der Waals surface area contributed by atoms with Gasteiger partial charge < -0.3 is 28.8 Å². The first-order valence-corrected chi connectivity index (χ1v) is 18.7. The molecule has 2 aromatic heterocycles. The maximum atomic E-state index is 13.1. The number of carbonyl (C=O) groups excluding carboxylic acids is 1. The van der Waals surface area contributed by atoms with Crippen LogP contribution in [0, 0.1) is 0 Å². The van der Waals surface area contributed by atoms with Crippen LogP contribution in [0.1, 0.15) is 49.9 Å². The largest absolute Gasteiger partial charge is 0.611 e. The van der Waals surface area contributed by atoms with E-state index in [1.807, 2.05) is 61.4 Å². The van der Waals surface area contributed by atoms with E-state index >= 15 is 0 Å². The Morgan fingerprint density at radius 1 is 0.980 bits per heavy atom. The zero-order valence-corrected chi connectivity index (χ0v) is 30.8. The molecule has 1 atom stereocenters. The second-order valence-electron chi connectivity index (χ2n) is 12.4. The lowest BCUT2D eigenvalue weighted by molar-refractivity contribution is -0.111. The molecule has 5 rings (SSSR count). The summed E-state index contributed by atoms with van der Waals surface area (Å²) in [4.78, 5) is 20.2. The van der Waals surface area contributed by atoms with Crippen LogP contribution < -0.4 is 15.0 Å². The van der Waals surface area contributed by atoms with E-state index in [-0.39, 0.29) is 5.91 Å². The quantitative estimate of drug-likeness (QED) is 0.0538. The number of hydrogen-bond donors (Lipinski definition) is 1. The van der Waals surface area contributed by atoms with Crippen molar-refractivity contribution in [3.63, 3.8) is 0 Å². The Balaban J connectivity index is 1.26. The van der Waals surface area contributed by atoms with Crippen molar-refractivity contribution in [3.05, 3.63) is 115 Å². The fourth-order valence-electron chi connectivity index (χ4n) is 5.61. The number of carbonyl (C=O) groups is 1. The van der Waals surface area contributed by atoms with Gasteiger partial charge in [0, 0.05) is 63.0 Å². The summed E-state index contributed by atoms with van der Waals surface area (Å²) in [5.74, 6) is 0.914. The molecule has 0 radical (unpaired) electrons. The summed E-state index contributed by atoms with van der Waals surface area (Å²) in [6, 6.07) is 21.4. The lowest BCUT2D eigenvalue weighted by atomic mass is 10.0. The topological polar surface area (TPSA) is 110 Å². The molecular formula is C40H48N6O4S. The number of benzene rings is 3. The van der Waals surface area contributed by atoms with E-state index in [9.17, 15) is 9.35 Å². The van der Waals surface area contributed by atoms with Crippen molar-refractivity contribution in [1.29, 1.82) is 0 Å². The highest BCUT2D eigenvalue weighted by Gasteiger charge is 2.16. The third-order valence-corrected chi connectivity index (χ3v) is 9.64. The number of aromatic nitrogens is 4. The molecule has 0 aliphatic rings. The number of anilines is 2.